The lowest BCUT2D eigenvalue weighted by Gasteiger charge is -2.14. The average Bonchev–Trinajstić information content (AvgIpc) is 2.41. The first-order valence-electron chi connectivity index (χ1n) is 6.80. The number of nitrogens with one attached hydrogen (secondary N) is 2. The molecule has 3 heteroatoms. The molecule has 104 valence electrons. The largest absolute Gasteiger partial charge is 0.323 e. The molecular formula is C17H20N2O. The lowest BCUT2D eigenvalue weighted by molar-refractivity contribution is 0.262. The molecule has 2 N–H and O–H groups in total. The van der Waals surface area contributed by atoms with Crippen molar-refractivity contribution < 1.29 is 4.79 Å². The first-order chi connectivity index (χ1) is 9.56. The fraction of sp³-hybridized carbons (Fsp3) is 0.235. The standard InChI is InChI=1S/C17H20N2O/c1-12(2)15-6-4-5-7-16(15)19-17(20)18-14-10-8-13(3)9-11-14/h4-12H,1-3H3,(H2,18,19,20). The molecule has 20 heavy (non-hydrogen) atoms. The Labute approximate surface area is 120 Å². The summed E-state index contributed by atoms with van der Waals surface area (Å²) in [6, 6.07) is 15.4. The second kappa shape index (κ2) is 6.24. The monoisotopic (exact) mass is 268 g/mol. The number of carbonyl (C=O) groups is 1. The molecular weight excluding hydrogens is 248 g/mol. The molecule has 0 atom stereocenters. The summed E-state index contributed by atoms with van der Waals surface area (Å²) in [6.45, 7) is 6.24. The minimum atomic E-state index is -0.220. The first-order valence-corrected chi connectivity index (χ1v) is 6.80. The zero-order chi connectivity index (χ0) is 14.5. The van der Waals surface area contributed by atoms with Crippen LogP contribution in [0.2, 0.25) is 0 Å². The predicted molar refractivity (Wildman–Crippen MR) is 84.4 cm³/mol. The van der Waals surface area contributed by atoms with Gasteiger partial charge in [-0.05, 0) is 36.6 Å². The topological polar surface area (TPSA) is 41.1 Å². The number of anilines is 2. The van der Waals surface area contributed by atoms with E-state index >= 15 is 0 Å². The molecule has 0 aliphatic heterocycles. The van der Waals surface area contributed by atoms with Crippen LogP contribution >= 0.6 is 0 Å². The van der Waals surface area contributed by atoms with Gasteiger partial charge in [0.2, 0.25) is 0 Å². The number of carbonyl (C=O) groups excluding carboxylic acids is 1. The van der Waals surface area contributed by atoms with Crippen molar-refractivity contribution in [2.45, 2.75) is 26.7 Å². The van der Waals surface area contributed by atoms with Gasteiger partial charge >= 0.3 is 6.03 Å². The van der Waals surface area contributed by atoms with Crippen LogP contribution in [-0.4, -0.2) is 6.03 Å². The molecule has 0 aliphatic rings. The molecule has 0 aliphatic carbocycles. The maximum atomic E-state index is 12.0. The molecule has 3 nitrogen and oxygen atoms in total. The highest BCUT2D eigenvalue weighted by atomic mass is 16.2. The summed E-state index contributed by atoms with van der Waals surface area (Å²) in [5.41, 5.74) is 3.94. The Morgan fingerprint density at radius 1 is 0.950 bits per heavy atom. The fourth-order valence-electron chi connectivity index (χ4n) is 2.04. The van der Waals surface area contributed by atoms with Crippen LogP contribution in [0.5, 0.6) is 0 Å². The van der Waals surface area contributed by atoms with Crippen LogP contribution in [0.4, 0.5) is 16.2 Å². The summed E-state index contributed by atoms with van der Waals surface area (Å²) in [4.78, 5) is 12.0. The molecule has 0 heterocycles. The third-order valence-corrected chi connectivity index (χ3v) is 3.14. The summed E-state index contributed by atoms with van der Waals surface area (Å²) >= 11 is 0. The van der Waals surface area contributed by atoms with Gasteiger partial charge in [-0.3, -0.25) is 0 Å². The van der Waals surface area contributed by atoms with Gasteiger partial charge in [0.25, 0.3) is 0 Å². The number of amides is 2. The quantitative estimate of drug-likeness (QED) is 0.827. The van der Waals surface area contributed by atoms with Gasteiger partial charge in [-0.15, -0.1) is 0 Å². The normalized spacial score (nSPS) is 10.4. The van der Waals surface area contributed by atoms with Crippen molar-refractivity contribution in [3.63, 3.8) is 0 Å². The van der Waals surface area contributed by atoms with Gasteiger partial charge in [-0.1, -0.05) is 49.7 Å². The van der Waals surface area contributed by atoms with Crippen molar-refractivity contribution in [2.75, 3.05) is 10.6 Å². The molecule has 0 unspecified atom stereocenters. The van der Waals surface area contributed by atoms with Crippen LogP contribution in [0, 0.1) is 6.92 Å². The van der Waals surface area contributed by atoms with E-state index in [9.17, 15) is 4.79 Å². The van der Waals surface area contributed by atoms with E-state index in [-0.39, 0.29) is 6.03 Å². The minimum Gasteiger partial charge on any atom is -0.308 e. The van der Waals surface area contributed by atoms with E-state index in [2.05, 4.69) is 24.5 Å². The molecule has 2 aromatic rings. The van der Waals surface area contributed by atoms with Crippen molar-refractivity contribution in [3.05, 3.63) is 59.7 Å². The number of benzene rings is 2. The molecule has 2 amide bonds. The van der Waals surface area contributed by atoms with Crippen molar-refractivity contribution in [1.29, 1.82) is 0 Å². The van der Waals surface area contributed by atoms with Gasteiger partial charge in [-0.2, -0.15) is 0 Å². The van der Waals surface area contributed by atoms with Gasteiger partial charge in [0, 0.05) is 11.4 Å². The zero-order valence-corrected chi connectivity index (χ0v) is 12.1. The Balaban J connectivity index is 2.07. The summed E-state index contributed by atoms with van der Waals surface area (Å²) in [5, 5.41) is 5.74. The Kier molecular flexibility index (Phi) is 4.41. The molecule has 0 saturated carbocycles. The maximum absolute atomic E-state index is 12.0. The smallest absolute Gasteiger partial charge is 0.308 e. The molecule has 0 spiro atoms. The number of para-hydroxylation sites is 1. The van der Waals surface area contributed by atoms with Crippen LogP contribution in [0.1, 0.15) is 30.9 Å². The highest BCUT2D eigenvalue weighted by Gasteiger charge is 2.08. The molecule has 2 aromatic carbocycles. The number of urea groups is 1. The van der Waals surface area contributed by atoms with Crippen LogP contribution in [0.15, 0.2) is 48.5 Å². The Bertz CT molecular complexity index is 588. The highest BCUT2D eigenvalue weighted by Crippen LogP contribution is 2.23. The number of hydrogen-bond donors (Lipinski definition) is 2. The Hall–Kier alpha value is -2.29. The van der Waals surface area contributed by atoms with E-state index in [1.54, 1.807) is 0 Å². The lowest BCUT2D eigenvalue weighted by atomic mass is 10.0. The van der Waals surface area contributed by atoms with Crippen molar-refractivity contribution in [1.82, 2.24) is 0 Å². The van der Waals surface area contributed by atoms with E-state index in [1.165, 1.54) is 5.56 Å². The zero-order valence-electron chi connectivity index (χ0n) is 12.1. The molecule has 0 aromatic heterocycles. The van der Waals surface area contributed by atoms with Crippen LogP contribution in [0.3, 0.4) is 0 Å². The third kappa shape index (κ3) is 3.60. The number of hydrogen-bond acceptors (Lipinski definition) is 1. The molecule has 2 rings (SSSR count). The SMILES string of the molecule is Cc1ccc(NC(=O)Nc2ccccc2C(C)C)cc1. The predicted octanol–water partition coefficient (Wildman–Crippen LogP) is 4.76. The summed E-state index contributed by atoms with van der Waals surface area (Å²) < 4.78 is 0. The fourth-order valence-corrected chi connectivity index (χ4v) is 2.04. The van der Waals surface area contributed by atoms with Crippen molar-refractivity contribution >= 4 is 17.4 Å². The maximum Gasteiger partial charge on any atom is 0.323 e. The molecule has 0 fully saturated rings. The second-order valence-corrected chi connectivity index (χ2v) is 5.19. The van der Waals surface area contributed by atoms with Crippen LogP contribution in [0.25, 0.3) is 0 Å². The minimum absolute atomic E-state index is 0.220. The number of aryl methyl sites for hydroxylation is 1. The van der Waals surface area contributed by atoms with Gasteiger partial charge in [0.05, 0.1) is 0 Å². The van der Waals surface area contributed by atoms with E-state index in [0.717, 1.165) is 16.9 Å². The Morgan fingerprint density at radius 2 is 1.60 bits per heavy atom. The molecule has 0 saturated heterocycles. The second-order valence-electron chi connectivity index (χ2n) is 5.19. The van der Waals surface area contributed by atoms with Crippen molar-refractivity contribution in [2.24, 2.45) is 0 Å². The van der Waals surface area contributed by atoms with Crippen molar-refractivity contribution in [3.8, 4) is 0 Å². The van der Waals surface area contributed by atoms with E-state index in [4.69, 9.17) is 0 Å². The molecule has 0 radical (unpaired) electrons. The molecule has 0 bridgehead atoms. The summed E-state index contributed by atoms with van der Waals surface area (Å²) in [5.74, 6) is 0.367. The highest BCUT2D eigenvalue weighted by molar-refractivity contribution is 6.00. The van der Waals surface area contributed by atoms with Crippen LogP contribution < -0.4 is 10.6 Å². The van der Waals surface area contributed by atoms with E-state index < -0.39 is 0 Å². The average molecular weight is 268 g/mol. The number of rotatable bonds is 3. The third-order valence-electron chi connectivity index (χ3n) is 3.14. The summed E-state index contributed by atoms with van der Waals surface area (Å²) in [7, 11) is 0. The Morgan fingerprint density at radius 3 is 2.25 bits per heavy atom. The van der Waals surface area contributed by atoms with Gasteiger partial charge in [-0.25, -0.2) is 4.79 Å². The van der Waals surface area contributed by atoms with Gasteiger partial charge in [0.15, 0.2) is 0 Å². The lowest BCUT2D eigenvalue weighted by Crippen LogP contribution is -2.20. The van der Waals surface area contributed by atoms with Crippen LogP contribution in [-0.2, 0) is 0 Å². The van der Waals surface area contributed by atoms with E-state index in [0.29, 0.717) is 5.92 Å². The van der Waals surface area contributed by atoms with Gasteiger partial charge < -0.3 is 10.6 Å². The summed E-state index contributed by atoms with van der Waals surface area (Å²) in [6.07, 6.45) is 0. The van der Waals surface area contributed by atoms with E-state index in [1.807, 2.05) is 55.5 Å². The first kappa shape index (κ1) is 14.1. The van der Waals surface area contributed by atoms with Gasteiger partial charge in [0.1, 0.15) is 0 Å².